The van der Waals surface area contributed by atoms with Gasteiger partial charge in [-0.1, -0.05) is 24.3 Å². The molecule has 0 bridgehead atoms. The lowest BCUT2D eigenvalue weighted by Gasteiger charge is -2.24. The van der Waals surface area contributed by atoms with Crippen molar-refractivity contribution in [3.05, 3.63) is 81.9 Å². The first-order valence-corrected chi connectivity index (χ1v) is 11.8. The second-order valence-corrected chi connectivity index (χ2v) is 8.22. The minimum absolute atomic E-state index is 0.0210. The molecule has 2 aliphatic rings. The Bertz CT molecular complexity index is 1360. The van der Waals surface area contributed by atoms with Crippen LogP contribution in [0.25, 0.3) is 11.4 Å². The molecule has 0 aromatic heterocycles. The lowest BCUT2D eigenvalue weighted by atomic mass is 10.0. The Morgan fingerprint density at radius 1 is 0.684 bits per heavy atom. The molecule has 4 rings (SSSR count). The number of fused-ring (bicyclic) bond motifs is 1. The van der Waals surface area contributed by atoms with Crippen LogP contribution in [0.2, 0.25) is 0 Å². The van der Waals surface area contributed by atoms with E-state index in [4.69, 9.17) is 9.47 Å². The monoisotopic (exact) mass is 510 g/mol. The molecule has 0 spiro atoms. The normalized spacial score (nSPS) is 14.4. The average molecular weight is 511 g/mol. The standard InChI is InChI=1S/C28H22N4O6/c1-3-37-21(33)15-31-25(19-9-5-17(13-29)6-10-19)23-24(27(31)35)26(20-11-7-18(14-30)8-12-20)32(28(23)36)16-22(34)38-4-2/h5-12H,3-4,15-16H2,1-2H3. The Hall–Kier alpha value is -5.22. The Kier molecular flexibility index (Phi) is 7.36. The molecule has 0 N–H and O–H groups in total. The van der Waals surface area contributed by atoms with Crippen molar-refractivity contribution in [2.75, 3.05) is 26.3 Å². The molecule has 0 fully saturated rings. The quantitative estimate of drug-likeness (QED) is 0.493. The van der Waals surface area contributed by atoms with Gasteiger partial charge in [0, 0.05) is 0 Å². The molecule has 0 radical (unpaired) electrons. The number of esters is 2. The summed E-state index contributed by atoms with van der Waals surface area (Å²) in [7, 11) is 0. The van der Waals surface area contributed by atoms with Crippen LogP contribution in [0.3, 0.4) is 0 Å². The summed E-state index contributed by atoms with van der Waals surface area (Å²) >= 11 is 0. The van der Waals surface area contributed by atoms with E-state index in [1.807, 2.05) is 12.1 Å². The number of benzene rings is 2. The highest BCUT2D eigenvalue weighted by atomic mass is 16.5. The molecule has 0 saturated heterocycles. The topological polar surface area (TPSA) is 141 Å². The zero-order chi connectivity index (χ0) is 27.4. The average Bonchev–Trinajstić information content (AvgIpc) is 3.35. The van der Waals surface area contributed by atoms with Gasteiger partial charge in [-0.25, -0.2) is 0 Å². The van der Waals surface area contributed by atoms with Crippen molar-refractivity contribution in [1.29, 1.82) is 10.5 Å². The number of amides is 2. The zero-order valence-electron chi connectivity index (χ0n) is 20.7. The lowest BCUT2D eigenvalue weighted by molar-refractivity contribution is -0.146. The molecule has 10 heteroatoms. The fraction of sp³-hybridized carbons (Fsp3) is 0.214. The molecule has 0 aliphatic carbocycles. The van der Waals surface area contributed by atoms with Crippen molar-refractivity contribution in [2.45, 2.75) is 13.8 Å². The third-order valence-electron chi connectivity index (χ3n) is 5.94. The molecule has 2 heterocycles. The Morgan fingerprint density at radius 2 is 1.03 bits per heavy atom. The highest BCUT2D eigenvalue weighted by Gasteiger charge is 2.49. The summed E-state index contributed by atoms with van der Waals surface area (Å²) in [4.78, 5) is 55.0. The van der Waals surface area contributed by atoms with Crippen molar-refractivity contribution in [1.82, 2.24) is 9.80 Å². The molecule has 0 atom stereocenters. The molecule has 2 aromatic carbocycles. The molecule has 10 nitrogen and oxygen atoms in total. The molecule has 0 saturated carbocycles. The third kappa shape index (κ3) is 4.63. The summed E-state index contributed by atoms with van der Waals surface area (Å²) in [5.74, 6) is -2.56. The highest BCUT2D eigenvalue weighted by Crippen LogP contribution is 2.46. The van der Waals surface area contributed by atoms with Crippen LogP contribution in [0.1, 0.15) is 36.1 Å². The first-order chi connectivity index (χ1) is 18.3. The van der Waals surface area contributed by atoms with Gasteiger partial charge >= 0.3 is 11.9 Å². The summed E-state index contributed by atoms with van der Waals surface area (Å²) in [5.41, 5.74) is 1.98. The highest BCUT2D eigenvalue weighted by molar-refractivity contribution is 6.31. The van der Waals surface area contributed by atoms with Gasteiger partial charge in [0.2, 0.25) is 0 Å². The van der Waals surface area contributed by atoms with E-state index in [1.165, 1.54) is 34.1 Å². The van der Waals surface area contributed by atoms with Gasteiger partial charge in [0.05, 0.1) is 59.0 Å². The van der Waals surface area contributed by atoms with E-state index < -0.39 is 36.8 Å². The van der Waals surface area contributed by atoms with Gasteiger partial charge in [0.15, 0.2) is 0 Å². The summed E-state index contributed by atoms with van der Waals surface area (Å²) in [5, 5.41) is 18.4. The zero-order valence-corrected chi connectivity index (χ0v) is 20.7. The van der Waals surface area contributed by atoms with E-state index >= 15 is 0 Å². The van der Waals surface area contributed by atoms with E-state index in [9.17, 15) is 29.7 Å². The number of hydrogen-bond donors (Lipinski definition) is 0. The molecule has 0 unspecified atom stereocenters. The van der Waals surface area contributed by atoms with Crippen molar-refractivity contribution in [3.8, 4) is 12.1 Å². The van der Waals surface area contributed by atoms with Crippen LogP contribution in [0.15, 0.2) is 59.7 Å². The minimum Gasteiger partial charge on any atom is -0.465 e. The lowest BCUT2D eigenvalue weighted by Crippen LogP contribution is -2.35. The van der Waals surface area contributed by atoms with Crippen LogP contribution in [0.5, 0.6) is 0 Å². The SMILES string of the molecule is CCOC(=O)CN1C(=O)C2=C(c3ccc(C#N)cc3)N(CC(=O)OCC)C(=O)C2=C1c1ccc(C#N)cc1. The molecule has 2 aliphatic heterocycles. The van der Waals surface area contributed by atoms with Crippen LogP contribution < -0.4 is 0 Å². The Morgan fingerprint density at radius 3 is 1.32 bits per heavy atom. The van der Waals surface area contributed by atoms with Crippen molar-refractivity contribution < 1.29 is 28.7 Å². The minimum atomic E-state index is -0.663. The summed E-state index contributed by atoms with van der Waals surface area (Å²) in [6, 6.07) is 16.5. The molecule has 2 amide bonds. The number of carbonyl (C=O) groups excluding carboxylic acids is 4. The van der Waals surface area contributed by atoms with Crippen LogP contribution in [-0.2, 0) is 28.7 Å². The van der Waals surface area contributed by atoms with Crippen LogP contribution >= 0.6 is 0 Å². The van der Waals surface area contributed by atoms with Gasteiger partial charge < -0.3 is 9.47 Å². The molecular weight excluding hydrogens is 488 g/mol. The fourth-order valence-electron chi connectivity index (χ4n) is 4.37. The number of ether oxygens (including phenoxy) is 2. The summed E-state index contributed by atoms with van der Waals surface area (Å²) in [6.07, 6.45) is 0. The predicted molar refractivity (Wildman–Crippen MR) is 133 cm³/mol. The number of rotatable bonds is 8. The number of nitrogens with zero attached hydrogens (tertiary/aromatic N) is 4. The van der Waals surface area contributed by atoms with Gasteiger partial charge in [0.25, 0.3) is 11.8 Å². The third-order valence-corrected chi connectivity index (χ3v) is 5.94. The maximum Gasteiger partial charge on any atom is 0.326 e. The van der Waals surface area contributed by atoms with E-state index in [-0.39, 0.29) is 35.8 Å². The van der Waals surface area contributed by atoms with Gasteiger partial charge in [-0.2, -0.15) is 10.5 Å². The summed E-state index contributed by atoms with van der Waals surface area (Å²) < 4.78 is 10.1. The molecule has 190 valence electrons. The maximum absolute atomic E-state index is 13.9. The van der Waals surface area contributed by atoms with Crippen LogP contribution in [0, 0.1) is 22.7 Å². The molecule has 2 aromatic rings. The van der Waals surface area contributed by atoms with Gasteiger partial charge in [-0.3, -0.25) is 29.0 Å². The first kappa shape index (κ1) is 25.9. The van der Waals surface area contributed by atoms with E-state index in [1.54, 1.807) is 38.1 Å². The van der Waals surface area contributed by atoms with Gasteiger partial charge in [-0.05, 0) is 49.2 Å². The molecule has 38 heavy (non-hydrogen) atoms. The number of hydrogen-bond acceptors (Lipinski definition) is 8. The predicted octanol–water partition coefficient (Wildman–Crippen LogP) is 2.36. The second kappa shape index (κ2) is 10.8. The van der Waals surface area contributed by atoms with Crippen LogP contribution in [0.4, 0.5) is 0 Å². The fourth-order valence-corrected chi connectivity index (χ4v) is 4.37. The smallest absolute Gasteiger partial charge is 0.326 e. The van der Waals surface area contributed by atoms with Gasteiger partial charge in [-0.15, -0.1) is 0 Å². The first-order valence-electron chi connectivity index (χ1n) is 11.8. The Labute approximate surface area is 218 Å². The Balaban J connectivity index is 1.95. The summed E-state index contributed by atoms with van der Waals surface area (Å²) in [6.45, 7) is 2.60. The van der Waals surface area contributed by atoms with E-state index in [0.29, 0.717) is 22.3 Å². The van der Waals surface area contributed by atoms with Gasteiger partial charge in [0.1, 0.15) is 13.1 Å². The second-order valence-electron chi connectivity index (χ2n) is 8.22. The molecular formula is C28H22N4O6. The van der Waals surface area contributed by atoms with Crippen molar-refractivity contribution >= 4 is 35.1 Å². The van der Waals surface area contributed by atoms with Crippen LogP contribution in [-0.4, -0.2) is 59.9 Å². The largest absolute Gasteiger partial charge is 0.465 e. The van der Waals surface area contributed by atoms with E-state index in [0.717, 1.165) is 0 Å². The number of carbonyl (C=O) groups is 4. The maximum atomic E-state index is 13.9. The van der Waals surface area contributed by atoms with Crippen molar-refractivity contribution in [2.24, 2.45) is 0 Å². The number of nitriles is 2. The van der Waals surface area contributed by atoms with E-state index in [2.05, 4.69) is 0 Å². The van der Waals surface area contributed by atoms with Crippen molar-refractivity contribution in [3.63, 3.8) is 0 Å².